The summed E-state index contributed by atoms with van der Waals surface area (Å²) in [5, 5.41) is 15.1. The molecule has 0 radical (unpaired) electrons. The minimum absolute atomic E-state index is 0.874. The molecular formula is C66H45NOSi. The maximum absolute atomic E-state index is 6.61. The molecule has 0 bridgehead atoms. The molecule has 0 unspecified atom stereocenters. The maximum Gasteiger partial charge on any atom is 0.180 e. The van der Waals surface area contributed by atoms with Crippen molar-refractivity contribution in [3.05, 3.63) is 273 Å². The molecule has 0 saturated carbocycles. The van der Waals surface area contributed by atoms with Crippen LogP contribution in [-0.2, 0) is 0 Å². The summed E-state index contributed by atoms with van der Waals surface area (Å²) in [6.07, 6.45) is 0. The lowest BCUT2D eigenvalue weighted by atomic mass is 10.0. The van der Waals surface area contributed by atoms with E-state index in [9.17, 15) is 0 Å². The molecule has 0 N–H and O–H groups in total. The number of benzene rings is 12. The van der Waals surface area contributed by atoms with Crippen LogP contribution in [-0.4, -0.2) is 8.07 Å². The molecule has 3 heteroatoms. The first-order valence-electron chi connectivity index (χ1n) is 23.7. The summed E-state index contributed by atoms with van der Waals surface area (Å²) < 4.78 is 6.61. The standard InChI is InChI=1S/C66H45NOSi/c1-4-19-47(20-5-1)57-30-16-17-34-63(57)67(52-40-42-64-62(45-52)61-41-37-48-21-10-13-31-58(48)66(61)68-64)51-38-35-46(36-39-51)49-23-18-28-55(43-49)69(53-24-6-2-7-25-53,54-26-8-3-9-27-54)65-44-50-22-11-12-29-56(50)59-32-14-15-33-60(59)65/h1-45H. The summed E-state index contributed by atoms with van der Waals surface area (Å²) in [4.78, 5) is 2.40. The van der Waals surface area contributed by atoms with E-state index in [0.717, 1.165) is 61.1 Å². The molecule has 0 aliphatic carbocycles. The Morgan fingerprint density at radius 2 is 0.884 bits per heavy atom. The van der Waals surface area contributed by atoms with Crippen LogP contribution in [0, 0.1) is 0 Å². The van der Waals surface area contributed by atoms with E-state index in [-0.39, 0.29) is 0 Å². The zero-order valence-electron chi connectivity index (χ0n) is 37.8. The van der Waals surface area contributed by atoms with Crippen molar-refractivity contribution < 1.29 is 4.42 Å². The number of fused-ring (bicyclic) bond motifs is 8. The fourth-order valence-electron chi connectivity index (χ4n) is 11.0. The largest absolute Gasteiger partial charge is 0.455 e. The third kappa shape index (κ3) is 6.78. The van der Waals surface area contributed by atoms with Gasteiger partial charge >= 0.3 is 0 Å². The first-order valence-corrected chi connectivity index (χ1v) is 25.7. The average molecular weight is 896 g/mol. The Bertz CT molecular complexity index is 3970. The first-order chi connectivity index (χ1) is 34.2. The molecule has 0 atom stereocenters. The number of para-hydroxylation sites is 1. The minimum Gasteiger partial charge on any atom is -0.455 e. The van der Waals surface area contributed by atoms with Crippen LogP contribution in [0.4, 0.5) is 17.1 Å². The van der Waals surface area contributed by atoms with E-state index in [2.05, 4.69) is 278 Å². The van der Waals surface area contributed by atoms with Crippen LogP contribution in [0.25, 0.3) is 76.5 Å². The highest BCUT2D eigenvalue weighted by Gasteiger charge is 2.43. The number of furan rings is 1. The molecule has 0 saturated heterocycles. The van der Waals surface area contributed by atoms with Gasteiger partial charge in [0.25, 0.3) is 0 Å². The monoisotopic (exact) mass is 895 g/mol. The summed E-state index contributed by atoms with van der Waals surface area (Å²) in [6, 6.07) is 100. The second-order valence-corrected chi connectivity index (χ2v) is 21.7. The number of anilines is 3. The summed E-state index contributed by atoms with van der Waals surface area (Å²) in [6.45, 7) is 0. The van der Waals surface area contributed by atoms with Crippen LogP contribution in [0.5, 0.6) is 0 Å². The SMILES string of the molecule is c1ccc(-c2ccccc2N(c2ccc(-c3cccc([Si](c4ccccc4)(c4ccccc4)c4cc5ccccc5c5ccccc45)c3)cc2)c2ccc3oc4c5ccccc5ccc4c3c2)cc1. The molecule has 0 spiro atoms. The van der Waals surface area contributed by atoms with Crippen molar-refractivity contribution in [1.82, 2.24) is 0 Å². The van der Waals surface area contributed by atoms with Gasteiger partial charge in [-0.25, -0.2) is 0 Å². The van der Waals surface area contributed by atoms with Crippen molar-refractivity contribution in [2.45, 2.75) is 0 Å². The van der Waals surface area contributed by atoms with Gasteiger partial charge in [-0.1, -0.05) is 231 Å². The summed E-state index contributed by atoms with van der Waals surface area (Å²) >= 11 is 0. The highest BCUT2D eigenvalue weighted by Crippen LogP contribution is 2.44. The Labute approximate surface area is 402 Å². The smallest absolute Gasteiger partial charge is 0.180 e. The van der Waals surface area contributed by atoms with Gasteiger partial charge in [-0.15, -0.1) is 0 Å². The Morgan fingerprint density at radius 3 is 1.64 bits per heavy atom. The Hall–Kier alpha value is -8.76. The predicted octanol–water partition coefficient (Wildman–Crippen LogP) is 15.2. The molecule has 1 aromatic heterocycles. The van der Waals surface area contributed by atoms with Crippen LogP contribution < -0.4 is 25.6 Å². The predicted molar refractivity (Wildman–Crippen MR) is 295 cm³/mol. The van der Waals surface area contributed by atoms with Gasteiger partial charge < -0.3 is 9.32 Å². The zero-order valence-corrected chi connectivity index (χ0v) is 38.8. The van der Waals surface area contributed by atoms with Gasteiger partial charge in [-0.05, 0) is 107 Å². The van der Waals surface area contributed by atoms with Crippen LogP contribution in [0.15, 0.2) is 277 Å². The molecule has 0 fully saturated rings. The van der Waals surface area contributed by atoms with Gasteiger partial charge in [0.05, 0.1) is 5.69 Å². The number of rotatable bonds is 9. The van der Waals surface area contributed by atoms with E-state index < -0.39 is 8.07 Å². The lowest BCUT2D eigenvalue weighted by Gasteiger charge is -2.36. The molecule has 13 aromatic rings. The van der Waals surface area contributed by atoms with Crippen molar-refractivity contribution in [3.63, 3.8) is 0 Å². The molecule has 0 aliphatic heterocycles. The lowest BCUT2D eigenvalue weighted by molar-refractivity contribution is 0.672. The maximum atomic E-state index is 6.61. The van der Waals surface area contributed by atoms with Gasteiger partial charge in [0.1, 0.15) is 11.2 Å². The molecule has 324 valence electrons. The lowest BCUT2D eigenvalue weighted by Crippen LogP contribution is -2.74. The van der Waals surface area contributed by atoms with E-state index in [0.29, 0.717) is 0 Å². The molecule has 69 heavy (non-hydrogen) atoms. The van der Waals surface area contributed by atoms with Crippen molar-refractivity contribution in [2.24, 2.45) is 0 Å². The van der Waals surface area contributed by atoms with Crippen LogP contribution in [0.3, 0.4) is 0 Å². The van der Waals surface area contributed by atoms with Crippen molar-refractivity contribution >= 4 is 100 Å². The highest BCUT2D eigenvalue weighted by atomic mass is 28.3. The Kier molecular flexibility index (Phi) is 9.88. The molecule has 0 aliphatic rings. The number of hydrogen-bond donors (Lipinski definition) is 0. The normalized spacial score (nSPS) is 11.8. The third-order valence-electron chi connectivity index (χ3n) is 14.2. The minimum atomic E-state index is -2.97. The Morgan fingerprint density at radius 1 is 0.304 bits per heavy atom. The van der Waals surface area contributed by atoms with E-state index in [1.165, 1.54) is 53.2 Å². The van der Waals surface area contributed by atoms with E-state index in [1.807, 2.05) is 0 Å². The van der Waals surface area contributed by atoms with Crippen LogP contribution in [0.2, 0.25) is 0 Å². The highest BCUT2D eigenvalue weighted by molar-refractivity contribution is 7.20. The second kappa shape index (κ2) is 16.8. The fraction of sp³-hybridized carbons (Fsp3) is 0. The molecule has 13 rings (SSSR count). The molecule has 1 heterocycles. The Balaban J connectivity index is 0.989. The van der Waals surface area contributed by atoms with Crippen molar-refractivity contribution in [3.8, 4) is 22.3 Å². The van der Waals surface area contributed by atoms with E-state index in [4.69, 9.17) is 4.42 Å². The van der Waals surface area contributed by atoms with Crippen molar-refractivity contribution in [2.75, 3.05) is 4.90 Å². The second-order valence-electron chi connectivity index (χ2n) is 18.0. The fourth-order valence-corrected chi connectivity index (χ4v) is 16.1. The van der Waals surface area contributed by atoms with E-state index >= 15 is 0 Å². The topological polar surface area (TPSA) is 16.4 Å². The first kappa shape index (κ1) is 40.5. The summed E-state index contributed by atoms with van der Waals surface area (Å²) in [5.41, 5.74) is 9.67. The van der Waals surface area contributed by atoms with Crippen molar-refractivity contribution in [1.29, 1.82) is 0 Å². The number of hydrogen-bond acceptors (Lipinski definition) is 2. The quantitative estimate of drug-likeness (QED) is 0.0815. The van der Waals surface area contributed by atoms with Gasteiger partial charge in [0, 0.05) is 33.1 Å². The zero-order chi connectivity index (χ0) is 45.7. The van der Waals surface area contributed by atoms with Crippen LogP contribution in [0.1, 0.15) is 0 Å². The van der Waals surface area contributed by atoms with E-state index in [1.54, 1.807) is 0 Å². The van der Waals surface area contributed by atoms with Gasteiger partial charge in [0.15, 0.2) is 8.07 Å². The number of nitrogens with zero attached hydrogens (tertiary/aromatic N) is 1. The van der Waals surface area contributed by atoms with Gasteiger partial charge in [-0.3, -0.25) is 0 Å². The molecule has 12 aromatic carbocycles. The van der Waals surface area contributed by atoms with Gasteiger partial charge in [-0.2, -0.15) is 0 Å². The molecule has 2 nitrogen and oxygen atoms in total. The average Bonchev–Trinajstić information content (AvgIpc) is 3.81. The van der Waals surface area contributed by atoms with Gasteiger partial charge in [0.2, 0.25) is 0 Å². The third-order valence-corrected chi connectivity index (χ3v) is 19.0. The molecule has 0 amide bonds. The van der Waals surface area contributed by atoms with Crippen LogP contribution >= 0.6 is 0 Å². The summed E-state index contributed by atoms with van der Waals surface area (Å²) in [7, 11) is -2.97. The summed E-state index contributed by atoms with van der Waals surface area (Å²) in [5.74, 6) is 0. The molecular weight excluding hydrogens is 851 g/mol.